The van der Waals surface area contributed by atoms with Crippen LogP contribution in [-0.2, 0) is 10.0 Å². The number of nitrogens with one attached hydrogen (secondary N) is 3. The summed E-state index contributed by atoms with van der Waals surface area (Å²) >= 11 is 10.3. The number of aromatic nitrogens is 2. The SMILES string of the molecule is COc1cc(N2CCC(N3CCN(C)CC3)CC2)c(Cl)cc1Nc1ncc(Br)c(Nc2cc(C)ccc2NS(C)(=O)=O)n1. The maximum atomic E-state index is 11.9. The fourth-order valence-electron chi connectivity index (χ4n) is 5.52. The second-order valence-corrected chi connectivity index (χ2v) is 14.1. The Morgan fingerprint density at radius 1 is 1.00 bits per heavy atom. The van der Waals surface area contributed by atoms with Gasteiger partial charge in [-0.2, -0.15) is 4.98 Å². The molecule has 0 saturated carbocycles. The third kappa shape index (κ3) is 8.01. The van der Waals surface area contributed by atoms with Crippen LogP contribution in [-0.4, -0.2) is 93.9 Å². The fraction of sp³-hybridized carbons (Fsp3) is 0.448. The Balaban J connectivity index is 1.31. The number of hydrogen-bond acceptors (Lipinski definition) is 10. The van der Waals surface area contributed by atoms with Crippen molar-refractivity contribution >= 4 is 72.1 Å². The lowest BCUT2D eigenvalue weighted by atomic mass is 10.0. The van der Waals surface area contributed by atoms with Gasteiger partial charge in [0.2, 0.25) is 16.0 Å². The second kappa shape index (κ2) is 13.4. The highest BCUT2D eigenvalue weighted by Gasteiger charge is 2.28. The van der Waals surface area contributed by atoms with Gasteiger partial charge in [-0.05, 0) is 66.5 Å². The van der Waals surface area contributed by atoms with Crippen molar-refractivity contribution < 1.29 is 13.2 Å². The van der Waals surface area contributed by atoms with E-state index in [1.165, 1.54) is 0 Å². The van der Waals surface area contributed by atoms with E-state index in [0.717, 1.165) is 69.6 Å². The van der Waals surface area contributed by atoms with Crippen molar-refractivity contribution in [1.82, 2.24) is 19.8 Å². The molecule has 0 bridgehead atoms. The first-order chi connectivity index (χ1) is 20.5. The predicted molar refractivity (Wildman–Crippen MR) is 178 cm³/mol. The van der Waals surface area contributed by atoms with E-state index in [0.29, 0.717) is 50.1 Å². The largest absolute Gasteiger partial charge is 0.494 e. The molecule has 2 aliphatic heterocycles. The first-order valence-electron chi connectivity index (χ1n) is 14.2. The van der Waals surface area contributed by atoms with E-state index in [9.17, 15) is 8.42 Å². The number of nitrogens with zero attached hydrogens (tertiary/aromatic N) is 5. The van der Waals surface area contributed by atoms with Crippen molar-refractivity contribution in [3.8, 4) is 5.75 Å². The monoisotopic (exact) mass is 692 g/mol. The number of piperazine rings is 1. The van der Waals surface area contributed by atoms with Gasteiger partial charge in [-0.25, -0.2) is 13.4 Å². The van der Waals surface area contributed by atoms with Crippen molar-refractivity contribution in [3.05, 3.63) is 51.6 Å². The number of piperidine rings is 1. The molecule has 3 N–H and O–H groups in total. The topological polar surface area (TPSA) is 115 Å². The Morgan fingerprint density at radius 2 is 1.72 bits per heavy atom. The third-order valence-corrected chi connectivity index (χ3v) is 9.32. The normalized spacial score (nSPS) is 17.1. The van der Waals surface area contributed by atoms with Gasteiger partial charge in [0.25, 0.3) is 0 Å². The lowest BCUT2D eigenvalue weighted by Gasteiger charge is -2.42. The maximum absolute atomic E-state index is 11.9. The molecule has 0 aliphatic carbocycles. The smallest absolute Gasteiger partial charge is 0.229 e. The van der Waals surface area contributed by atoms with Crippen LogP contribution >= 0.6 is 27.5 Å². The minimum absolute atomic E-state index is 0.311. The summed E-state index contributed by atoms with van der Waals surface area (Å²) < 4.78 is 32.7. The lowest BCUT2D eigenvalue weighted by Crippen LogP contribution is -2.52. The first-order valence-corrected chi connectivity index (χ1v) is 17.3. The molecule has 11 nitrogen and oxygen atoms in total. The molecule has 2 fully saturated rings. The average molecular weight is 694 g/mol. The van der Waals surface area contributed by atoms with Crippen LogP contribution in [0.5, 0.6) is 5.75 Å². The molecule has 0 amide bonds. The number of anilines is 6. The van der Waals surface area contributed by atoms with Crippen molar-refractivity contribution in [2.75, 3.05) is 79.9 Å². The summed E-state index contributed by atoms with van der Waals surface area (Å²) in [4.78, 5) is 16.4. The quantitative estimate of drug-likeness (QED) is 0.274. The van der Waals surface area contributed by atoms with Gasteiger partial charge in [0, 0.05) is 57.6 Å². The van der Waals surface area contributed by atoms with Crippen molar-refractivity contribution in [2.45, 2.75) is 25.8 Å². The molecule has 2 aliphatic rings. The Hall–Kier alpha value is -2.84. The molecule has 3 heterocycles. The molecular weight excluding hydrogens is 656 g/mol. The highest BCUT2D eigenvalue weighted by molar-refractivity contribution is 9.10. The van der Waals surface area contributed by atoms with Gasteiger partial charge >= 0.3 is 0 Å². The van der Waals surface area contributed by atoms with Crippen LogP contribution in [0.2, 0.25) is 5.02 Å². The zero-order chi connectivity index (χ0) is 30.7. The first kappa shape index (κ1) is 31.6. The summed E-state index contributed by atoms with van der Waals surface area (Å²) in [7, 11) is 0.338. The zero-order valence-corrected chi connectivity index (χ0v) is 28.0. The van der Waals surface area contributed by atoms with Gasteiger partial charge in [-0.3, -0.25) is 9.62 Å². The standard InChI is InChI=1S/C29H38BrClN8O3S/c1-19-5-6-23(36-43(4,40)41)24(15-19)33-28-21(30)18-32-29(35-28)34-25-16-22(31)26(17-27(25)42-3)39-9-7-20(8-10-39)38-13-11-37(2)12-14-38/h5-6,15-18,20,36H,7-14H2,1-4H3,(H2,32,33,34,35). The summed E-state index contributed by atoms with van der Waals surface area (Å²) in [6.45, 7) is 8.33. The van der Waals surface area contributed by atoms with Crippen LogP contribution in [0, 0.1) is 6.92 Å². The van der Waals surface area contributed by atoms with Gasteiger partial charge in [0.05, 0.1) is 45.6 Å². The molecule has 0 unspecified atom stereocenters. The van der Waals surface area contributed by atoms with E-state index in [1.807, 2.05) is 31.2 Å². The summed E-state index contributed by atoms with van der Waals surface area (Å²) in [5, 5.41) is 7.07. The van der Waals surface area contributed by atoms with E-state index in [1.54, 1.807) is 19.4 Å². The molecule has 2 saturated heterocycles. The molecular formula is C29H38BrClN8O3S. The number of likely N-dealkylation sites (N-methyl/N-ethyl adjacent to an activating group) is 1. The van der Waals surface area contributed by atoms with Crippen LogP contribution in [0.1, 0.15) is 18.4 Å². The Labute approximate surface area is 267 Å². The Kier molecular flexibility index (Phi) is 9.86. The van der Waals surface area contributed by atoms with Crippen molar-refractivity contribution in [3.63, 3.8) is 0 Å². The molecule has 5 rings (SSSR count). The van der Waals surface area contributed by atoms with Crippen LogP contribution in [0.15, 0.2) is 41.0 Å². The molecule has 14 heteroatoms. The lowest BCUT2D eigenvalue weighted by molar-refractivity contribution is 0.0982. The van der Waals surface area contributed by atoms with Crippen molar-refractivity contribution in [2.24, 2.45) is 0 Å². The molecule has 43 heavy (non-hydrogen) atoms. The molecule has 2 aromatic carbocycles. The van der Waals surface area contributed by atoms with Gasteiger partial charge < -0.3 is 25.2 Å². The van der Waals surface area contributed by atoms with Gasteiger partial charge in [0.1, 0.15) is 11.6 Å². The number of sulfonamides is 1. The number of benzene rings is 2. The van der Waals surface area contributed by atoms with E-state index >= 15 is 0 Å². The number of methoxy groups -OCH3 is 1. The summed E-state index contributed by atoms with van der Waals surface area (Å²) in [5.74, 6) is 1.38. The van der Waals surface area contributed by atoms with Gasteiger partial charge in [0.15, 0.2) is 0 Å². The number of ether oxygens (including phenoxy) is 1. The van der Waals surface area contributed by atoms with Crippen LogP contribution in [0.4, 0.5) is 34.5 Å². The van der Waals surface area contributed by atoms with Crippen LogP contribution in [0.3, 0.4) is 0 Å². The maximum Gasteiger partial charge on any atom is 0.229 e. The van der Waals surface area contributed by atoms with Gasteiger partial charge in [-0.1, -0.05) is 17.7 Å². The number of aryl methyl sites for hydroxylation is 1. The number of hydrogen-bond donors (Lipinski definition) is 3. The summed E-state index contributed by atoms with van der Waals surface area (Å²) in [6, 6.07) is 9.79. The Morgan fingerprint density at radius 3 is 2.40 bits per heavy atom. The molecule has 232 valence electrons. The summed E-state index contributed by atoms with van der Waals surface area (Å²) in [5.41, 5.74) is 3.49. The molecule has 1 aromatic heterocycles. The highest BCUT2D eigenvalue weighted by Crippen LogP contribution is 2.39. The van der Waals surface area contributed by atoms with E-state index in [4.69, 9.17) is 16.3 Å². The minimum atomic E-state index is -3.48. The molecule has 0 atom stereocenters. The average Bonchev–Trinajstić information content (AvgIpc) is 2.96. The molecule has 0 radical (unpaired) electrons. The van der Waals surface area contributed by atoms with E-state index < -0.39 is 10.0 Å². The minimum Gasteiger partial charge on any atom is -0.494 e. The van der Waals surface area contributed by atoms with Crippen LogP contribution < -0.4 is 25.0 Å². The fourth-order valence-corrected chi connectivity index (χ4v) is 6.67. The van der Waals surface area contributed by atoms with Gasteiger partial charge in [-0.15, -0.1) is 0 Å². The second-order valence-electron chi connectivity index (χ2n) is 11.1. The van der Waals surface area contributed by atoms with E-state index in [2.05, 4.69) is 63.0 Å². The van der Waals surface area contributed by atoms with Crippen LogP contribution in [0.25, 0.3) is 0 Å². The molecule has 0 spiro atoms. The molecule has 3 aromatic rings. The Bertz CT molecular complexity index is 1560. The summed E-state index contributed by atoms with van der Waals surface area (Å²) in [6.07, 6.45) is 4.93. The highest BCUT2D eigenvalue weighted by atomic mass is 79.9. The predicted octanol–water partition coefficient (Wildman–Crippen LogP) is 5.28. The van der Waals surface area contributed by atoms with Crippen molar-refractivity contribution in [1.29, 1.82) is 0 Å². The third-order valence-electron chi connectivity index (χ3n) is 7.84. The zero-order valence-electron chi connectivity index (χ0n) is 24.8. The van der Waals surface area contributed by atoms with E-state index in [-0.39, 0.29) is 0 Å². The number of rotatable bonds is 9. The number of halogens is 2.